The van der Waals surface area contributed by atoms with Crippen molar-refractivity contribution in [3.05, 3.63) is 27.3 Å². The third kappa shape index (κ3) is 2.79. The molecular formula is C9H9F2IO. The molecule has 4 heteroatoms. The van der Waals surface area contributed by atoms with Crippen LogP contribution >= 0.6 is 22.6 Å². The maximum atomic E-state index is 13.0. The summed E-state index contributed by atoms with van der Waals surface area (Å²) < 4.78 is 31.1. The second-order valence-electron chi connectivity index (χ2n) is 2.87. The molecule has 0 radical (unpaired) electrons. The lowest BCUT2D eigenvalue weighted by atomic mass is 10.3. The summed E-state index contributed by atoms with van der Waals surface area (Å²) in [5.74, 6) is -0.946. The molecule has 1 rings (SSSR count). The normalized spacial score (nSPS) is 10.6. The molecule has 0 atom stereocenters. The van der Waals surface area contributed by atoms with Crippen molar-refractivity contribution in [2.24, 2.45) is 0 Å². The molecule has 0 heterocycles. The maximum Gasteiger partial charge on any atom is 0.143 e. The summed E-state index contributed by atoms with van der Waals surface area (Å²) in [5, 5.41) is 0. The molecule has 1 aromatic rings. The van der Waals surface area contributed by atoms with Gasteiger partial charge in [-0.3, -0.25) is 0 Å². The van der Waals surface area contributed by atoms with E-state index in [1.54, 1.807) is 36.4 Å². The van der Waals surface area contributed by atoms with E-state index >= 15 is 0 Å². The van der Waals surface area contributed by atoms with Crippen LogP contribution in [0, 0.1) is 15.2 Å². The van der Waals surface area contributed by atoms with Gasteiger partial charge in [0.2, 0.25) is 0 Å². The SMILES string of the molecule is CC(C)Oc1cc(F)c(I)c(F)c1. The lowest BCUT2D eigenvalue weighted by Crippen LogP contribution is -2.06. The van der Waals surface area contributed by atoms with E-state index in [2.05, 4.69) is 0 Å². The van der Waals surface area contributed by atoms with Crippen LogP contribution in [0.3, 0.4) is 0 Å². The number of hydrogen-bond donors (Lipinski definition) is 0. The number of ether oxygens (including phenoxy) is 1. The second-order valence-corrected chi connectivity index (χ2v) is 3.95. The lowest BCUT2D eigenvalue weighted by molar-refractivity contribution is 0.240. The molecule has 0 unspecified atom stereocenters. The second kappa shape index (κ2) is 4.21. The lowest BCUT2D eigenvalue weighted by Gasteiger charge is -2.10. The van der Waals surface area contributed by atoms with Crippen molar-refractivity contribution in [3.8, 4) is 5.75 Å². The molecule has 72 valence electrons. The van der Waals surface area contributed by atoms with Gasteiger partial charge in [0, 0.05) is 12.1 Å². The Morgan fingerprint density at radius 1 is 1.23 bits per heavy atom. The highest BCUT2D eigenvalue weighted by Crippen LogP contribution is 2.22. The molecule has 0 aliphatic carbocycles. The summed E-state index contributed by atoms with van der Waals surface area (Å²) in [6, 6.07) is 2.37. The van der Waals surface area contributed by atoms with Crippen LogP contribution in [0.4, 0.5) is 8.78 Å². The zero-order chi connectivity index (χ0) is 10.0. The van der Waals surface area contributed by atoms with Crippen LogP contribution < -0.4 is 4.74 Å². The van der Waals surface area contributed by atoms with Gasteiger partial charge in [-0.2, -0.15) is 0 Å². The molecule has 0 saturated heterocycles. The molecule has 0 amide bonds. The monoisotopic (exact) mass is 298 g/mol. The number of rotatable bonds is 2. The molecule has 0 spiro atoms. The van der Waals surface area contributed by atoms with E-state index in [4.69, 9.17) is 4.74 Å². The Morgan fingerprint density at radius 3 is 2.08 bits per heavy atom. The van der Waals surface area contributed by atoms with E-state index in [9.17, 15) is 8.78 Å². The average molecular weight is 298 g/mol. The molecule has 0 N–H and O–H groups in total. The minimum atomic E-state index is -0.587. The quantitative estimate of drug-likeness (QED) is 0.601. The van der Waals surface area contributed by atoms with Gasteiger partial charge in [0.15, 0.2) is 0 Å². The number of hydrogen-bond acceptors (Lipinski definition) is 1. The van der Waals surface area contributed by atoms with E-state index in [0.717, 1.165) is 0 Å². The fourth-order valence-corrected chi connectivity index (χ4v) is 1.18. The molecule has 0 aliphatic rings. The van der Waals surface area contributed by atoms with E-state index in [0.29, 0.717) is 0 Å². The molecule has 0 fully saturated rings. The largest absolute Gasteiger partial charge is 0.491 e. The number of halogens is 3. The van der Waals surface area contributed by atoms with Crippen LogP contribution in [-0.4, -0.2) is 6.10 Å². The van der Waals surface area contributed by atoms with Crippen molar-refractivity contribution < 1.29 is 13.5 Å². The zero-order valence-electron chi connectivity index (χ0n) is 7.27. The Balaban J connectivity index is 2.99. The Kier molecular flexibility index (Phi) is 3.47. The Morgan fingerprint density at radius 2 is 1.69 bits per heavy atom. The highest BCUT2D eigenvalue weighted by Gasteiger charge is 2.09. The van der Waals surface area contributed by atoms with Crippen LogP contribution in [0.1, 0.15) is 13.8 Å². The van der Waals surface area contributed by atoms with Gasteiger partial charge in [0.05, 0.1) is 9.67 Å². The summed E-state index contributed by atoms with van der Waals surface area (Å²) >= 11 is 1.61. The highest BCUT2D eigenvalue weighted by molar-refractivity contribution is 14.1. The van der Waals surface area contributed by atoms with E-state index in [1.165, 1.54) is 12.1 Å². The van der Waals surface area contributed by atoms with Crippen molar-refractivity contribution in [3.63, 3.8) is 0 Å². The Bertz CT molecular complexity index is 289. The Hall–Kier alpha value is -0.390. The van der Waals surface area contributed by atoms with Gasteiger partial charge in [-0.15, -0.1) is 0 Å². The third-order valence-electron chi connectivity index (χ3n) is 1.33. The summed E-state index contributed by atoms with van der Waals surface area (Å²) in [6.07, 6.45) is -0.0844. The predicted octanol–water partition coefficient (Wildman–Crippen LogP) is 3.36. The summed E-state index contributed by atoms with van der Waals surface area (Å²) in [6.45, 7) is 3.60. The summed E-state index contributed by atoms with van der Waals surface area (Å²) in [4.78, 5) is 0. The standard InChI is InChI=1S/C9H9F2IO/c1-5(2)13-6-3-7(10)9(12)8(11)4-6/h3-5H,1-2H3. The molecule has 13 heavy (non-hydrogen) atoms. The predicted molar refractivity (Wildman–Crippen MR) is 54.8 cm³/mol. The van der Waals surface area contributed by atoms with Crippen molar-refractivity contribution in [1.29, 1.82) is 0 Å². The fourth-order valence-electron chi connectivity index (χ4n) is 0.872. The molecule has 1 aromatic carbocycles. The van der Waals surface area contributed by atoms with Crippen molar-refractivity contribution in [2.75, 3.05) is 0 Å². The first-order chi connectivity index (χ1) is 6.00. The maximum absolute atomic E-state index is 13.0. The first kappa shape index (κ1) is 10.7. The van der Waals surface area contributed by atoms with E-state index < -0.39 is 11.6 Å². The topological polar surface area (TPSA) is 9.23 Å². The van der Waals surface area contributed by atoms with Crippen LogP contribution in [-0.2, 0) is 0 Å². The molecule has 1 nitrogen and oxygen atoms in total. The summed E-state index contributed by atoms with van der Waals surface area (Å²) in [7, 11) is 0. The van der Waals surface area contributed by atoms with Gasteiger partial charge in [0.1, 0.15) is 17.4 Å². The van der Waals surface area contributed by atoms with Crippen LogP contribution in [0.5, 0.6) is 5.75 Å². The van der Waals surface area contributed by atoms with Gasteiger partial charge < -0.3 is 4.74 Å². The molecule has 0 saturated carbocycles. The van der Waals surface area contributed by atoms with Gasteiger partial charge in [-0.25, -0.2) is 8.78 Å². The van der Waals surface area contributed by atoms with Gasteiger partial charge in [-0.1, -0.05) is 0 Å². The van der Waals surface area contributed by atoms with Crippen molar-refractivity contribution in [2.45, 2.75) is 20.0 Å². The first-order valence-electron chi connectivity index (χ1n) is 3.82. The minimum Gasteiger partial charge on any atom is -0.491 e. The first-order valence-corrected chi connectivity index (χ1v) is 4.89. The van der Waals surface area contributed by atoms with Crippen LogP contribution in [0.25, 0.3) is 0 Å². The third-order valence-corrected chi connectivity index (χ3v) is 2.36. The summed E-state index contributed by atoms with van der Waals surface area (Å²) in [5.41, 5.74) is 0. The van der Waals surface area contributed by atoms with Crippen molar-refractivity contribution in [1.82, 2.24) is 0 Å². The van der Waals surface area contributed by atoms with E-state index in [-0.39, 0.29) is 15.4 Å². The van der Waals surface area contributed by atoms with Crippen molar-refractivity contribution >= 4 is 22.6 Å². The molecular weight excluding hydrogens is 289 g/mol. The smallest absolute Gasteiger partial charge is 0.143 e. The van der Waals surface area contributed by atoms with Crippen LogP contribution in [0.15, 0.2) is 12.1 Å². The Labute approximate surface area is 89.2 Å². The fraction of sp³-hybridized carbons (Fsp3) is 0.333. The highest BCUT2D eigenvalue weighted by atomic mass is 127. The molecule has 0 aliphatic heterocycles. The van der Waals surface area contributed by atoms with Gasteiger partial charge in [0.25, 0.3) is 0 Å². The van der Waals surface area contributed by atoms with E-state index in [1.807, 2.05) is 0 Å². The number of benzene rings is 1. The molecule has 0 bridgehead atoms. The average Bonchev–Trinajstić information content (AvgIpc) is 1.98. The van der Waals surface area contributed by atoms with Gasteiger partial charge in [-0.05, 0) is 36.4 Å². The minimum absolute atomic E-state index is 0.00583. The van der Waals surface area contributed by atoms with Gasteiger partial charge >= 0.3 is 0 Å². The van der Waals surface area contributed by atoms with Crippen LogP contribution in [0.2, 0.25) is 0 Å². The molecule has 0 aromatic heterocycles. The zero-order valence-corrected chi connectivity index (χ0v) is 9.43.